The highest BCUT2D eigenvalue weighted by atomic mass is 32.1. The third-order valence-electron chi connectivity index (χ3n) is 4.27. The molecule has 0 aliphatic rings. The first-order valence-corrected chi connectivity index (χ1v) is 9.15. The fourth-order valence-electron chi connectivity index (χ4n) is 2.70. The largest absolute Gasteiger partial charge is 0.339 e. The van der Waals surface area contributed by atoms with Gasteiger partial charge in [-0.1, -0.05) is 31.2 Å². The van der Waals surface area contributed by atoms with Crippen molar-refractivity contribution < 1.29 is 0 Å². The van der Waals surface area contributed by atoms with E-state index in [2.05, 4.69) is 72.3 Å². The summed E-state index contributed by atoms with van der Waals surface area (Å²) in [4.78, 5) is 8.89. The Hall–Kier alpha value is -1.98. The molecule has 1 heterocycles. The third kappa shape index (κ3) is 5.51. The number of thiocarbonyl (C=S) groups is 1. The molecule has 134 valence electrons. The lowest BCUT2D eigenvalue weighted by molar-refractivity contribution is 0.286. The molecule has 2 aromatic rings. The molecule has 0 saturated carbocycles. The molecule has 0 amide bonds. The Kier molecular flexibility index (Phi) is 7.34. The number of aryl methyl sites for hydroxylation is 1. The van der Waals surface area contributed by atoms with Crippen LogP contribution in [0.1, 0.15) is 31.1 Å². The zero-order chi connectivity index (χ0) is 18.2. The summed E-state index contributed by atoms with van der Waals surface area (Å²) in [6.45, 7) is 6.07. The van der Waals surface area contributed by atoms with Crippen molar-refractivity contribution in [1.82, 2.24) is 14.8 Å². The number of nitrogens with one attached hydrogen (secondary N) is 1. The van der Waals surface area contributed by atoms with E-state index in [1.54, 1.807) is 0 Å². The lowest BCUT2D eigenvalue weighted by Gasteiger charge is -2.32. The molecule has 25 heavy (non-hydrogen) atoms. The van der Waals surface area contributed by atoms with Crippen molar-refractivity contribution in [3.8, 4) is 0 Å². The van der Waals surface area contributed by atoms with Crippen LogP contribution in [0, 0.1) is 0 Å². The molecule has 2 rings (SSSR count). The summed E-state index contributed by atoms with van der Waals surface area (Å²) in [6.07, 6.45) is 2.80. The molecule has 1 aromatic carbocycles. The van der Waals surface area contributed by atoms with Gasteiger partial charge in [0.25, 0.3) is 0 Å². The average molecular weight is 357 g/mol. The van der Waals surface area contributed by atoms with Gasteiger partial charge in [-0.25, -0.2) is 0 Å². The molecule has 1 N–H and O–H groups in total. The van der Waals surface area contributed by atoms with Crippen LogP contribution < -0.4 is 5.32 Å². The average Bonchev–Trinajstić information content (AvgIpc) is 2.62. The fourth-order valence-corrected chi connectivity index (χ4v) is 3.06. The lowest BCUT2D eigenvalue weighted by Crippen LogP contribution is -2.41. The SMILES string of the molecule is CCc1ccccc1NC(=S)N(CCN(C)C)[C@H](C)c1ccccn1. The third-order valence-corrected chi connectivity index (χ3v) is 4.61. The van der Waals surface area contributed by atoms with E-state index < -0.39 is 0 Å². The van der Waals surface area contributed by atoms with E-state index in [1.165, 1.54) is 5.56 Å². The molecule has 1 aromatic heterocycles. The minimum atomic E-state index is 0.106. The Bertz CT molecular complexity index is 672. The monoisotopic (exact) mass is 356 g/mol. The first-order valence-electron chi connectivity index (χ1n) is 8.74. The van der Waals surface area contributed by atoms with Gasteiger partial charge in [-0.15, -0.1) is 0 Å². The number of nitrogens with zero attached hydrogens (tertiary/aromatic N) is 3. The van der Waals surface area contributed by atoms with Crippen LogP contribution in [0.5, 0.6) is 0 Å². The zero-order valence-electron chi connectivity index (χ0n) is 15.6. The van der Waals surface area contributed by atoms with Gasteiger partial charge in [0.05, 0.1) is 11.7 Å². The number of pyridine rings is 1. The Morgan fingerprint density at radius 3 is 2.48 bits per heavy atom. The van der Waals surface area contributed by atoms with Crippen LogP contribution in [-0.2, 0) is 6.42 Å². The van der Waals surface area contributed by atoms with Crippen molar-refractivity contribution in [2.75, 3.05) is 32.5 Å². The fraction of sp³-hybridized carbons (Fsp3) is 0.400. The number of aromatic nitrogens is 1. The Balaban J connectivity index is 2.20. The van der Waals surface area contributed by atoms with E-state index in [9.17, 15) is 0 Å². The number of likely N-dealkylation sites (N-methyl/N-ethyl adjacent to an activating group) is 1. The topological polar surface area (TPSA) is 31.4 Å². The number of benzene rings is 1. The highest BCUT2D eigenvalue weighted by Gasteiger charge is 2.20. The predicted octanol–water partition coefficient (Wildman–Crippen LogP) is 3.97. The molecular formula is C20H28N4S. The van der Waals surface area contributed by atoms with Gasteiger partial charge in [0.1, 0.15) is 0 Å². The smallest absolute Gasteiger partial charge is 0.174 e. The quantitative estimate of drug-likeness (QED) is 0.759. The molecule has 0 aliphatic carbocycles. The molecule has 0 fully saturated rings. The predicted molar refractivity (Wildman–Crippen MR) is 110 cm³/mol. The zero-order valence-corrected chi connectivity index (χ0v) is 16.4. The molecule has 0 saturated heterocycles. The highest BCUT2D eigenvalue weighted by Crippen LogP contribution is 2.21. The van der Waals surface area contributed by atoms with Gasteiger partial charge in [0.2, 0.25) is 0 Å². The minimum Gasteiger partial charge on any atom is -0.339 e. The van der Waals surface area contributed by atoms with Gasteiger partial charge < -0.3 is 15.1 Å². The van der Waals surface area contributed by atoms with Gasteiger partial charge in [-0.05, 0) is 63.4 Å². The summed E-state index contributed by atoms with van der Waals surface area (Å²) >= 11 is 5.76. The van der Waals surface area contributed by atoms with Crippen molar-refractivity contribution in [3.05, 3.63) is 59.9 Å². The number of rotatable bonds is 7. The van der Waals surface area contributed by atoms with E-state index in [0.29, 0.717) is 0 Å². The van der Waals surface area contributed by atoms with Crippen molar-refractivity contribution in [2.45, 2.75) is 26.3 Å². The second-order valence-electron chi connectivity index (χ2n) is 6.37. The molecule has 0 radical (unpaired) electrons. The van der Waals surface area contributed by atoms with Crippen LogP contribution in [0.25, 0.3) is 0 Å². The standard InChI is InChI=1S/C20H28N4S/c1-5-17-10-6-7-12-19(17)22-20(25)24(15-14-23(3)4)16(2)18-11-8-9-13-21-18/h6-13,16H,5,14-15H2,1-4H3,(H,22,25)/t16-/m1/s1. The molecule has 0 unspecified atom stereocenters. The van der Waals surface area contributed by atoms with Crippen LogP contribution >= 0.6 is 12.2 Å². The van der Waals surface area contributed by atoms with Gasteiger partial charge >= 0.3 is 0 Å². The Morgan fingerprint density at radius 1 is 1.12 bits per heavy atom. The molecule has 5 heteroatoms. The van der Waals surface area contributed by atoms with Gasteiger partial charge in [-0.3, -0.25) is 4.98 Å². The first kappa shape index (κ1) is 19.3. The first-order chi connectivity index (χ1) is 12.0. The van der Waals surface area contributed by atoms with E-state index in [-0.39, 0.29) is 6.04 Å². The molecule has 0 aliphatic heterocycles. The van der Waals surface area contributed by atoms with Crippen LogP contribution in [0.3, 0.4) is 0 Å². The van der Waals surface area contributed by atoms with Crippen LogP contribution in [0.2, 0.25) is 0 Å². The number of hydrogen-bond acceptors (Lipinski definition) is 3. The molecule has 0 spiro atoms. The molecule has 0 bridgehead atoms. The maximum atomic E-state index is 5.76. The molecule has 4 nitrogen and oxygen atoms in total. The van der Waals surface area contributed by atoms with Crippen molar-refractivity contribution in [3.63, 3.8) is 0 Å². The Labute approximate surface area is 156 Å². The van der Waals surface area contributed by atoms with Crippen molar-refractivity contribution >= 4 is 23.0 Å². The van der Waals surface area contributed by atoms with Crippen molar-refractivity contribution in [1.29, 1.82) is 0 Å². The lowest BCUT2D eigenvalue weighted by atomic mass is 10.1. The van der Waals surface area contributed by atoms with Crippen LogP contribution in [0.4, 0.5) is 5.69 Å². The summed E-state index contributed by atoms with van der Waals surface area (Å²) < 4.78 is 0. The van der Waals surface area contributed by atoms with Gasteiger partial charge in [0, 0.05) is 25.0 Å². The normalized spacial score (nSPS) is 12.0. The van der Waals surface area contributed by atoms with Gasteiger partial charge in [0.15, 0.2) is 5.11 Å². The van der Waals surface area contributed by atoms with E-state index >= 15 is 0 Å². The second kappa shape index (κ2) is 9.49. The summed E-state index contributed by atoms with van der Waals surface area (Å²) in [6, 6.07) is 14.4. The number of anilines is 1. The highest BCUT2D eigenvalue weighted by molar-refractivity contribution is 7.80. The maximum Gasteiger partial charge on any atom is 0.174 e. The molecular weight excluding hydrogens is 328 g/mol. The Morgan fingerprint density at radius 2 is 1.84 bits per heavy atom. The maximum absolute atomic E-state index is 5.76. The number of hydrogen-bond donors (Lipinski definition) is 1. The minimum absolute atomic E-state index is 0.106. The van der Waals surface area contributed by atoms with Crippen LogP contribution in [-0.4, -0.2) is 47.1 Å². The van der Waals surface area contributed by atoms with Gasteiger partial charge in [-0.2, -0.15) is 0 Å². The molecule has 1 atom stereocenters. The van der Waals surface area contributed by atoms with Crippen molar-refractivity contribution in [2.24, 2.45) is 0 Å². The van der Waals surface area contributed by atoms with E-state index in [1.807, 2.05) is 24.4 Å². The summed E-state index contributed by atoms with van der Waals surface area (Å²) in [5.74, 6) is 0. The van der Waals surface area contributed by atoms with E-state index in [0.717, 1.165) is 36.0 Å². The summed E-state index contributed by atoms with van der Waals surface area (Å²) in [5.41, 5.74) is 3.37. The number of para-hydroxylation sites is 1. The van der Waals surface area contributed by atoms with Crippen LogP contribution in [0.15, 0.2) is 48.7 Å². The summed E-state index contributed by atoms with van der Waals surface area (Å²) in [5, 5.41) is 4.18. The van der Waals surface area contributed by atoms with E-state index in [4.69, 9.17) is 12.2 Å². The summed E-state index contributed by atoms with van der Waals surface area (Å²) in [7, 11) is 4.15. The second-order valence-corrected chi connectivity index (χ2v) is 6.75.